The number of allylic oxidation sites excluding steroid dienone is 24. The van der Waals surface area contributed by atoms with Crippen molar-refractivity contribution in [1.29, 1.82) is 0 Å². The molecule has 82 heavy (non-hydrogen) atoms. The van der Waals surface area contributed by atoms with Crippen LogP contribution in [0.5, 0.6) is 0 Å². The molecule has 0 fully saturated rings. The number of hydrogen-bond acceptors (Lipinski definition) is 6. The second-order valence-electron chi connectivity index (χ2n) is 22.0. The van der Waals surface area contributed by atoms with Gasteiger partial charge in [0.15, 0.2) is 6.10 Å². The van der Waals surface area contributed by atoms with E-state index in [9.17, 15) is 14.4 Å². The normalized spacial score (nSPS) is 13.1. The molecule has 6 nitrogen and oxygen atoms in total. The molecule has 0 heterocycles. The van der Waals surface area contributed by atoms with E-state index < -0.39 is 6.10 Å². The van der Waals surface area contributed by atoms with Crippen LogP contribution in [0.4, 0.5) is 0 Å². The first kappa shape index (κ1) is 77.3. The molecule has 1 unspecified atom stereocenters. The van der Waals surface area contributed by atoms with E-state index >= 15 is 0 Å². The molecule has 0 spiro atoms. The summed E-state index contributed by atoms with van der Waals surface area (Å²) >= 11 is 0. The van der Waals surface area contributed by atoms with Gasteiger partial charge in [-0.3, -0.25) is 14.4 Å². The highest BCUT2D eigenvalue weighted by Crippen LogP contribution is 2.17. The van der Waals surface area contributed by atoms with Crippen LogP contribution >= 0.6 is 0 Å². The Labute approximate surface area is 506 Å². The van der Waals surface area contributed by atoms with Gasteiger partial charge < -0.3 is 14.2 Å². The summed E-state index contributed by atoms with van der Waals surface area (Å²) < 4.78 is 16.9. The van der Waals surface area contributed by atoms with E-state index in [2.05, 4.69) is 161 Å². The van der Waals surface area contributed by atoms with E-state index in [1.54, 1.807) is 0 Å². The average Bonchev–Trinajstić information content (AvgIpc) is 3.47. The van der Waals surface area contributed by atoms with Crippen LogP contribution in [0.3, 0.4) is 0 Å². The fourth-order valence-corrected chi connectivity index (χ4v) is 9.12. The van der Waals surface area contributed by atoms with Gasteiger partial charge >= 0.3 is 17.9 Å². The summed E-state index contributed by atoms with van der Waals surface area (Å²) in [5.74, 6) is -1.05. The van der Waals surface area contributed by atoms with E-state index in [0.717, 1.165) is 109 Å². The molecule has 0 aromatic carbocycles. The summed E-state index contributed by atoms with van der Waals surface area (Å²) in [5, 5.41) is 0. The molecule has 0 aliphatic heterocycles. The lowest BCUT2D eigenvalue weighted by molar-refractivity contribution is -0.166. The third kappa shape index (κ3) is 66.1. The Kier molecular flexibility index (Phi) is 64.8. The van der Waals surface area contributed by atoms with Gasteiger partial charge in [0.1, 0.15) is 13.2 Å². The highest BCUT2D eigenvalue weighted by atomic mass is 16.6. The van der Waals surface area contributed by atoms with Crippen molar-refractivity contribution in [2.75, 3.05) is 13.2 Å². The number of carbonyl (C=O) groups is 3. The minimum Gasteiger partial charge on any atom is -0.462 e. The van der Waals surface area contributed by atoms with Crippen LogP contribution in [0.15, 0.2) is 146 Å². The van der Waals surface area contributed by atoms with Gasteiger partial charge in [0.05, 0.1) is 0 Å². The third-order valence-electron chi connectivity index (χ3n) is 14.1. The number of ether oxygens (including phenoxy) is 3. The van der Waals surface area contributed by atoms with Gasteiger partial charge in [0, 0.05) is 19.3 Å². The maximum Gasteiger partial charge on any atom is 0.306 e. The average molecular weight is 1130 g/mol. The maximum atomic E-state index is 12.9. The molecule has 0 saturated carbocycles. The Morgan fingerprint density at radius 1 is 0.256 bits per heavy atom. The zero-order valence-corrected chi connectivity index (χ0v) is 53.2. The molecule has 0 rings (SSSR count). The second-order valence-corrected chi connectivity index (χ2v) is 22.0. The lowest BCUT2D eigenvalue weighted by atomic mass is 10.0. The number of esters is 3. The monoisotopic (exact) mass is 1130 g/mol. The van der Waals surface area contributed by atoms with Crippen LogP contribution in [0.1, 0.15) is 297 Å². The molecule has 0 bridgehead atoms. The SMILES string of the molecule is CC/C=C\C/C=C\C/C=C\C/C=C\C/C=C\C/C=C\CCCCC(=O)OC(COC(=O)CC/C=C\C/C=C\C/C=C\C/C=C\C/C=C\C/C=C\CC)COC(=O)CCCCCCCCCCCCCCCCCCCCCCCCCC. The zero-order chi connectivity index (χ0) is 59.2. The van der Waals surface area contributed by atoms with E-state index in [0.29, 0.717) is 19.3 Å². The largest absolute Gasteiger partial charge is 0.462 e. The molecule has 0 saturated heterocycles. The van der Waals surface area contributed by atoms with Crippen LogP contribution in [0.25, 0.3) is 0 Å². The van der Waals surface area contributed by atoms with Crippen LogP contribution in [0, 0.1) is 0 Å². The van der Waals surface area contributed by atoms with E-state index in [1.165, 1.54) is 135 Å². The highest BCUT2D eigenvalue weighted by Gasteiger charge is 2.19. The maximum absolute atomic E-state index is 12.9. The first-order chi connectivity index (χ1) is 40.5. The predicted octanol–water partition coefficient (Wildman–Crippen LogP) is 23.5. The topological polar surface area (TPSA) is 78.9 Å². The molecular formula is C76H124O6. The minimum absolute atomic E-state index is 0.122. The summed E-state index contributed by atoms with van der Waals surface area (Å²) in [6.45, 7) is 6.34. The van der Waals surface area contributed by atoms with Crippen molar-refractivity contribution in [3.05, 3.63) is 146 Å². The smallest absolute Gasteiger partial charge is 0.306 e. The van der Waals surface area contributed by atoms with Crippen LogP contribution in [-0.4, -0.2) is 37.2 Å². The Morgan fingerprint density at radius 2 is 0.500 bits per heavy atom. The fourth-order valence-electron chi connectivity index (χ4n) is 9.12. The number of hydrogen-bond donors (Lipinski definition) is 0. The van der Waals surface area contributed by atoms with Gasteiger partial charge in [-0.2, -0.15) is 0 Å². The third-order valence-corrected chi connectivity index (χ3v) is 14.1. The molecule has 0 N–H and O–H groups in total. The van der Waals surface area contributed by atoms with Crippen molar-refractivity contribution >= 4 is 17.9 Å². The molecule has 1 atom stereocenters. The summed E-state index contributed by atoms with van der Waals surface area (Å²) in [7, 11) is 0. The first-order valence-corrected chi connectivity index (χ1v) is 33.8. The van der Waals surface area contributed by atoms with Gasteiger partial charge in [-0.15, -0.1) is 0 Å². The van der Waals surface area contributed by atoms with Gasteiger partial charge in [0.2, 0.25) is 0 Å². The second kappa shape index (κ2) is 68.8. The fraction of sp³-hybridized carbons (Fsp3) is 0.645. The summed E-state index contributed by atoms with van der Waals surface area (Å²) in [5.41, 5.74) is 0. The standard InChI is InChI=1S/C76H124O6/c1-4-7-10-13-16-19-22-25-28-31-34-36-37-38-40-42-45-48-51-54-57-60-63-66-69-75(78)81-72-73(71-80-74(77)68-65-62-59-56-53-50-47-44-41-33-30-27-24-21-18-15-12-9-6-3)82-76(79)70-67-64-61-58-55-52-49-46-43-39-35-32-29-26-23-20-17-14-11-8-5-2/h8-9,11-12,17-18,20-21,26-27,29-30,35,39,41,44,46,49-50,53,55,58-59,62,73H,4-7,10,13-16,19,22-25,28,31-34,36-38,40,42-43,45,47-48,51-52,54,56-57,60-61,63-72H2,1-3H3/b11-8-,12-9-,20-17-,21-18-,29-26-,30-27-,39-35-,44-41-,49-46-,53-50-,58-55-,62-59-. The van der Waals surface area contributed by atoms with Crippen molar-refractivity contribution in [3.8, 4) is 0 Å². The Morgan fingerprint density at radius 3 is 0.817 bits per heavy atom. The zero-order valence-electron chi connectivity index (χ0n) is 53.2. The molecular weight excluding hydrogens is 1010 g/mol. The minimum atomic E-state index is -0.839. The van der Waals surface area contributed by atoms with Crippen molar-refractivity contribution in [1.82, 2.24) is 0 Å². The first-order valence-electron chi connectivity index (χ1n) is 33.8. The lowest BCUT2D eigenvalue weighted by Gasteiger charge is -2.18. The molecule has 0 aliphatic rings. The number of carbonyl (C=O) groups excluding carboxylic acids is 3. The Bertz CT molecular complexity index is 1780. The molecule has 0 radical (unpaired) electrons. The lowest BCUT2D eigenvalue weighted by Crippen LogP contribution is -2.30. The van der Waals surface area contributed by atoms with Crippen LogP contribution in [-0.2, 0) is 28.6 Å². The van der Waals surface area contributed by atoms with Crippen molar-refractivity contribution < 1.29 is 28.6 Å². The quantitative estimate of drug-likeness (QED) is 0.0261. The molecule has 0 aromatic rings. The summed E-state index contributed by atoms with van der Waals surface area (Å²) in [4.78, 5) is 38.4. The molecule has 464 valence electrons. The van der Waals surface area contributed by atoms with Crippen molar-refractivity contribution in [3.63, 3.8) is 0 Å². The predicted molar refractivity (Wildman–Crippen MR) is 357 cm³/mol. The highest BCUT2D eigenvalue weighted by molar-refractivity contribution is 5.71. The van der Waals surface area contributed by atoms with E-state index in [4.69, 9.17) is 14.2 Å². The molecule has 6 heteroatoms. The molecule has 0 aromatic heterocycles. The molecule has 0 aliphatic carbocycles. The van der Waals surface area contributed by atoms with Gasteiger partial charge in [-0.1, -0.05) is 314 Å². The van der Waals surface area contributed by atoms with Crippen LogP contribution in [0.2, 0.25) is 0 Å². The van der Waals surface area contributed by atoms with E-state index in [1.807, 2.05) is 6.08 Å². The van der Waals surface area contributed by atoms with Gasteiger partial charge in [0.25, 0.3) is 0 Å². The van der Waals surface area contributed by atoms with Crippen molar-refractivity contribution in [2.24, 2.45) is 0 Å². The van der Waals surface area contributed by atoms with Gasteiger partial charge in [-0.05, 0) is 109 Å². The number of unbranched alkanes of at least 4 members (excludes halogenated alkanes) is 25. The van der Waals surface area contributed by atoms with E-state index in [-0.39, 0.29) is 44.0 Å². The molecule has 0 amide bonds. The summed E-state index contributed by atoms with van der Waals surface area (Å²) in [6.07, 6.45) is 98.8. The Balaban J connectivity index is 4.52. The van der Waals surface area contributed by atoms with Crippen molar-refractivity contribution in [2.45, 2.75) is 303 Å². The number of rotatable bonds is 60. The Hall–Kier alpha value is -4.71. The summed E-state index contributed by atoms with van der Waals surface area (Å²) in [6, 6.07) is 0. The van der Waals surface area contributed by atoms with Gasteiger partial charge in [-0.25, -0.2) is 0 Å². The van der Waals surface area contributed by atoms with Crippen LogP contribution < -0.4 is 0 Å².